The van der Waals surface area contributed by atoms with E-state index in [2.05, 4.69) is 44.2 Å². The number of amides is 1. The first-order valence-electron chi connectivity index (χ1n) is 8.33. The van der Waals surface area contributed by atoms with Gasteiger partial charge in [-0.3, -0.25) is 0 Å². The molecule has 3 unspecified atom stereocenters. The number of pyridine rings is 1. The summed E-state index contributed by atoms with van der Waals surface area (Å²) in [5, 5.41) is 9.17. The normalized spacial score (nSPS) is 21.1. The molecule has 1 fully saturated rings. The standard InChI is InChI=1S/C16H22ClIN5O2P/c1-9-7-22(8-11(9)20-15(24)25-16(2,3)4)14-10-6-19-13(17)5-12(10)23(21-14)26-18/h5-6,9,11,26H,7-8H2,1-4H3,(H,20,24). The monoisotopic (exact) mass is 509 g/mol. The first-order chi connectivity index (χ1) is 12.2. The number of fused-ring (bicyclic) bond motifs is 1. The van der Waals surface area contributed by atoms with E-state index in [0.717, 1.165) is 23.3 Å². The molecular weight excluding hydrogens is 488 g/mol. The second-order valence-corrected chi connectivity index (χ2v) is 9.91. The van der Waals surface area contributed by atoms with Crippen LogP contribution >= 0.6 is 40.0 Å². The van der Waals surface area contributed by atoms with E-state index in [-0.39, 0.29) is 18.1 Å². The highest BCUT2D eigenvalue weighted by atomic mass is 127. The summed E-state index contributed by atoms with van der Waals surface area (Å²) in [6.07, 6.45) is 1.86. The predicted octanol–water partition coefficient (Wildman–Crippen LogP) is 4.23. The SMILES string of the molecule is CC1CN(c2nn(PI)c3cc(Cl)ncc23)CC1NC(=O)OC(C)(C)C. The minimum atomic E-state index is -0.507. The number of alkyl carbamates (subject to hydrolysis) is 1. The van der Waals surface area contributed by atoms with Crippen LogP contribution < -0.4 is 10.2 Å². The molecular formula is C16H22ClIN5O2P. The number of hydrogen-bond donors (Lipinski definition) is 1. The van der Waals surface area contributed by atoms with Gasteiger partial charge in [-0.25, -0.2) is 14.2 Å². The van der Waals surface area contributed by atoms with E-state index >= 15 is 0 Å². The van der Waals surface area contributed by atoms with Gasteiger partial charge in [0.2, 0.25) is 0 Å². The molecule has 0 radical (unpaired) electrons. The fraction of sp³-hybridized carbons (Fsp3) is 0.562. The van der Waals surface area contributed by atoms with Gasteiger partial charge in [0.15, 0.2) is 5.82 Å². The number of nitrogens with one attached hydrogen (secondary N) is 1. The molecule has 142 valence electrons. The zero-order valence-electron chi connectivity index (χ0n) is 15.1. The molecule has 0 spiro atoms. The third kappa shape index (κ3) is 4.34. The number of ether oxygens (including phenoxy) is 1. The molecule has 0 bridgehead atoms. The van der Waals surface area contributed by atoms with Gasteiger partial charge in [0.05, 0.1) is 23.3 Å². The Kier molecular flexibility index (Phi) is 5.84. The molecule has 1 aliphatic heterocycles. The van der Waals surface area contributed by atoms with Crippen molar-refractivity contribution in [2.24, 2.45) is 5.92 Å². The second-order valence-electron chi connectivity index (χ2n) is 7.48. The summed E-state index contributed by atoms with van der Waals surface area (Å²) in [6.45, 7) is 9.19. The molecule has 1 N–H and O–H groups in total. The zero-order valence-corrected chi connectivity index (χ0v) is 19.0. The van der Waals surface area contributed by atoms with Crippen LogP contribution in [0.2, 0.25) is 5.15 Å². The summed E-state index contributed by atoms with van der Waals surface area (Å²) < 4.78 is 7.32. The van der Waals surface area contributed by atoms with Crippen LogP contribution in [0.15, 0.2) is 12.3 Å². The maximum absolute atomic E-state index is 12.1. The van der Waals surface area contributed by atoms with E-state index in [4.69, 9.17) is 21.4 Å². The molecule has 10 heteroatoms. The van der Waals surface area contributed by atoms with E-state index < -0.39 is 5.60 Å². The smallest absolute Gasteiger partial charge is 0.407 e. The molecule has 1 amide bonds. The Hall–Kier alpha value is -0.860. The molecule has 3 heterocycles. The number of carbonyl (C=O) groups is 1. The number of halogens is 2. The van der Waals surface area contributed by atoms with E-state index in [1.807, 2.05) is 31.3 Å². The van der Waals surface area contributed by atoms with Gasteiger partial charge in [-0.15, -0.1) is 5.10 Å². The number of rotatable bonds is 3. The van der Waals surface area contributed by atoms with Crippen molar-refractivity contribution in [1.82, 2.24) is 19.9 Å². The lowest BCUT2D eigenvalue weighted by molar-refractivity contribution is 0.0499. The molecule has 7 nitrogen and oxygen atoms in total. The maximum Gasteiger partial charge on any atom is 0.407 e. The molecule has 3 rings (SSSR count). The number of nitrogens with zero attached hydrogens (tertiary/aromatic N) is 4. The lowest BCUT2D eigenvalue weighted by atomic mass is 10.1. The molecule has 26 heavy (non-hydrogen) atoms. The molecule has 2 aromatic heterocycles. The van der Waals surface area contributed by atoms with Gasteiger partial charge in [-0.2, -0.15) is 0 Å². The summed E-state index contributed by atoms with van der Waals surface area (Å²) in [4.78, 5) is 18.5. The van der Waals surface area contributed by atoms with Crippen LogP contribution in [0.1, 0.15) is 27.7 Å². The second kappa shape index (κ2) is 7.64. The van der Waals surface area contributed by atoms with Crippen LogP contribution in [0.25, 0.3) is 10.9 Å². The molecule has 0 saturated carbocycles. The van der Waals surface area contributed by atoms with E-state index in [1.54, 1.807) is 6.20 Å². The van der Waals surface area contributed by atoms with Crippen molar-refractivity contribution in [3.63, 3.8) is 0 Å². The van der Waals surface area contributed by atoms with E-state index in [1.165, 1.54) is 0 Å². The van der Waals surface area contributed by atoms with Crippen molar-refractivity contribution >= 4 is 62.8 Å². The van der Waals surface area contributed by atoms with Crippen molar-refractivity contribution < 1.29 is 9.53 Å². The zero-order chi connectivity index (χ0) is 19.1. The fourth-order valence-electron chi connectivity index (χ4n) is 3.05. The van der Waals surface area contributed by atoms with Gasteiger partial charge in [-0.05, 0) is 48.7 Å². The molecule has 2 aromatic rings. The summed E-state index contributed by atoms with van der Waals surface area (Å²) >= 11 is 8.35. The Bertz CT molecular complexity index is 825. The van der Waals surface area contributed by atoms with Gasteiger partial charge < -0.3 is 15.0 Å². The van der Waals surface area contributed by atoms with E-state index in [9.17, 15) is 4.79 Å². The summed E-state index contributed by atoms with van der Waals surface area (Å²) in [7, 11) is 0. The van der Waals surface area contributed by atoms with Crippen LogP contribution in [0.3, 0.4) is 0 Å². The molecule has 1 aliphatic rings. The summed E-state index contributed by atoms with van der Waals surface area (Å²) in [6, 6.07) is 1.85. The summed E-state index contributed by atoms with van der Waals surface area (Å²) in [5.74, 6) is 1.17. The van der Waals surface area contributed by atoms with Gasteiger partial charge in [0.1, 0.15) is 10.8 Å². The minimum Gasteiger partial charge on any atom is -0.444 e. The average Bonchev–Trinajstić information content (AvgIpc) is 3.06. The van der Waals surface area contributed by atoms with Crippen molar-refractivity contribution in [2.45, 2.75) is 39.3 Å². The predicted molar refractivity (Wildman–Crippen MR) is 115 cm³/mol. The van der Waals surface area contributed by atoms with Crippen LogP contribution in [-0.4, -0.2) is 45.4 Å². The number of carbonyl (C=O) groups excluding carboxylic acids is 1. The highest BCUT2D eigenvalue weighted by Crippen LogP contribution is 2.36. The van der Waals surface area contributed by atoms with Gasteiger partial charge in [-0.1, -0.05) is 18.5 Å². The minimum absolute atomic E-state index is 0.00681. The fourth-order valence-corrected chi connectivity index (χ4v) is 4.72. The lowest BCUT2D eigenvalue weighted by Crippen LogP contribution is -2.42. The topological polar surface area (TPSA) is 72.3 Å². The van der Waals surface area contributed by atoms with Crippen LogP contribution in [0.4, 0.5) is 10.6 Å². The summed E-state index contributed by atoms with van der Waals surface area (Å²) in [5.41, 5.74) is 0.469. The van der Waals surface area contributed by atoms with Gasteiger partial charge in [0, 0.05) is 25.4 Å². The highest BCUT2D eigenvalue weighted by Gasteiger charge is 2.34. The Labute approximate surface area is 172 Å². The number of hydrogen-bond acceptors (Lipinski definition) is 5. The quantitative estimate of drug-likeness (QED) is 0.381. The Morgan fingerprint density at radius 1 is 1.46 bits per heavy atom. The Morgan fingerprint density at radius 2 is 2.19 bits per heavy atom. The van der Waals surface area contributed by atoms with Crippen LogP contribution in [0.5, 0.6) is 0 Å². The van der Waals surface area contributed by atoms with Crippen molar-refractivity contribution in [3.8, 4) is 0 Å². The van der Waals surface area contributed by atoms with Crippen LogP contribution in [0, 0.1) is 5.92 Å². The van der Waals surface area contributed by atoms with Crippen LogP contribution in [-0.2, 0) is 4.74 Å². The maximum atomic E-state index is 12.1. The van der Waals surface area contributed by atoms with Crippen molar-refractivity contribution in [3.05, 3.63) is 17.4 Å². The largest absolute Gasteiger partial charge is 0.444 e. The van der Waals surface area contributed by atoms with Crippen molar-refractivity contribution in [2.75, 3.05) is 18.0 Å². The van der Waals surface area contributed by atoms with Gasteiger partial charge >= 0.3 is 6.09 Å². The molecule has 0 aromatic carbocycles. The number of aromatic nitrogens is 3. The van der Waals surface area contributed by atoms with E-state index in [0.29, 0.717) is 18.1 Å². The van der Waals surface area contributed by atoms with Crippen molar-refractivity contribution in [1.29, 1.82) is 0 Å². The lowest BCUT2D eigenvalue weighted by Gasteiger charge is -2.23. The highest BCUT2D eigenvalue weighted by molar-refractivity contribution is 14.2. The number of anilines is 1. The molecule has 3 atom stereocenters. The Morgan fingerprint density at radius 3 is 2.85 bits per heavy atom. The Balaban J connectivity index is 1.79. The average molecular weight is 510 g/mol. The molecule has 0 aliphatic carbocycles. The third-order valence-corrected chi connectivity index (χ3v) is 6.29. The first kappa shape index (κ1) is 19.9. The third-order valence-electron chi connectivity index (χ3n) is 4.21. The van der Waals surface area contributed by atoms with Gasteiger partial charge in [0.25, 0.3) is 0 Å². The molecule has 1 saturated heterocycles. The first-order valence-corrected chi connectivity index (χ1v) is 12.8.